The number of amides is 1. The average molecular weight is 293 g/mol. The summed E-state index contributed by atoms with van der Waals surface area (Å²) in [6.45, 7) is 2.22. The summed E-state index contributed by atoms with van der Waals surface area (Å²) in [5.41, 5.74) is 6.63. The first-order valence-corrected chi connectivity index (χ1v) is 7.25. The third-order valence-corrected chi connectivity index (χ3v) is 4.62. The van der Waals surface area contributed by atoms with E-state index in [1.165, 1.54) is 12.5 Å². The van der Waals surface area contributed by atoms with Gasteiger partial charge in [0.1, 0.15) is 5.82 Å². The Morgan fingerprint density at radius 3 is 2.43 bits per heavy atom. The molecule has 4 nitrogen and oxygen atoms in total. The molecule has 1 aliphatic carbocycles. The molecule has 1 aromatic rings. The minimum Gasteiger partial charge on any atom is -0.399 e. The SMILES string of the molecule is Cc1cc(N)cc(C(=O)N(C)CC2(N(C)C)CCC2)c1F. The number of benzene rings is 1. The lowest BCUT2D eigenvalue weighted by atomic mass is 9.75. The molecule has 1 fully saturated rings. The van der Waals surface area contributed by atoms with Crippen molar-refractivity contribution in [3.8, 4) is 0 Å². The Kier molecular flexibility index (Phi) is 4.23. The third kappa shape index (κ3) is 2.88. The number of hydrogen-bond donors (Lipinski definition) is 1. The van der Waals surface area contributed by atoms with Crippen LogP contribution in [0.1, 0.15) is 35.2 Å². The second-order valence-corrected chi connectivity index (χ2v) is 6.33. The van der Waals surface area contributed by atoms with Crippen molar-refractivity contribution in [2.24, 2.45) is 0 Å². The molecule has 5 heteroatoms. The molecule has 1 aliphatic rings. The molecule has 0 bridgehead atoms. The molecule has 1 amide bonds. The topological polar surface area (TPSA) is 49.6 Å². The number of hydrogen-bond acceptors (Lipinski definition) is 3. The molecule has 2 rings (SSSR count). The van der Waals surface area contributed by atoms with Crippen molar-refractivity contribution in [1.82, 2.24) is 9.80 Å². The molecule has 0 spiro atoms. The van der Waals surface area contributed by atoms with E-state index in [0.29, 0.717) is 17.8 Å². The average Bonchev–Trinajstić information content (AvgIpc) is 2.36. The molecule has 21 heavy (non-hydrogen) atoms. The van der Waals surface area contributed by atoms with Crippen molar-refractivity contribution in [1.29, 1.82) is 0 Å². The standard InChI is InChI=1S/C16H24FN3O/c1-11-8-12(18)9-13(14(11)17)15(21)20(4)10-16(19(2)3)6-5-7-16/h8-9H,5-7,10,18H2,1-4H3. The Balaban J connectivity index is 2.20. The summed E-state index contributed by atoms with van der Waals surface area (Å²) in [4.78, 5) is 16.3. The Bertz CT molecular complexity index is 553. The van der Waals surface area contributed by atoms with Crippen LogP contribution < -0.4 is 5.73 Å². The molecule has 0 aromatic heterocycles. The predicted octanol–water partition coefficient (Wildman–Crippen LogP) is 2.27. The molecule has 1 aromatic carbocycles. The van der Waals surface area contributed by atoms with Crippen molar-refractivity contribution in [3.05, 3.63) is 29.1 Å². The Morgan fingerprint density at radius 2 is 1.95 bits per heavy atom. The van der Waals surface area contributed by atoms with Crippen LogP contribution in [-0.4, -0.2) is 48.9 Å². The van der Waals surface area contributed by atoms with Crippen LogP contribution in [0.4, 0.5) is 10.1 Å². The van der Waals surface area contributed by atoms with Crippen LogP contribution in [0, 0.1) is 12.7 Å². The van der Waals surface area contributed by atoms with E-state index in [4.69, 9.17) is 5.73 Å². The van der Waals surface area contributed by atoms with Crippen LogP contribution in [0.5, 0.6) is 0 Å². The number of halogens is 1. The Labute approximate surface area is 125 Å². The molecular weight excluding hydrogens is 269 g/mol. The summed E-state index contributed by atoms with van der Waals surface area (Å²) in [6.07, 6.45) is 3.30. The Hall–Kier alpha value is -1.62. The van der Waals surface area contributed by atoms with E-state index in [9.17, 15) is 9.18 Å². The summed E-state index contributed by atoms with van der Waals surface area (Å²) in [7, 11) is 5.79. The highest BCUT2D eigenvalue weighted by molar-refractivity contribution is 5.95. The number of anilines is 1. The van der Waals surface area contributed by atoms with Crippen LogP contribution >= 0.6 is 0 Å². The van der Waals surface area contributed by atoms with Gasteiger partial charge in [-0.05, 0) is 58.0 Å². The van der Waals surface area contributed by atoms with E-state index >= 15 is 0 Å². The normalized spacial score (nSPS) is 16.7. The lowest BCUT2D eigenvalue weighted by molar-refractivity contribution is 0.0250. The number of carbonyl (C=O) groups excluding carboxylic acids is 1. The van der Waals surface area contributed by atoms with E-state index in [0.717, 1.165) is 12.8 Å². The van der Waals surface area contributed by atoms with Gasteiger partial charge in [0, 0.05) is 24.8 Å². The molecule has 0 radical (unpaired) electrons. The first-order chi connectivity index (χ1) is 9.77. The van der Waals surface area contributed by atoms with Crippen LogP contribution in [0.15, 0.2) is 12.1 Å². The van der Waals surface area contributed by atoms with Crippen LogP contribution in [-0.2, 0) is 0 Å². The highest BCUT2D eigenvalue weighted by Gasteiger charge is 2.41. The van der Waals surface area contributed by atoms with Gasteiger partial charge in [-0.25, -0.2) is 4.39 Å². The van der Waals surface area contributed by atoms with Gasteiger partial charge in [-0.15, -0.1) is 0 Å². The number of nitrogen functional groups attached to an aromatic ring is 1. The zero-order valence-electron chi connectivity index (χ0n) is 13.2. The summed E-state index contributed by atoms with van der Waals surface area (Å²) in [5.74, 6) is -0.787. The number of nitrogens with two attached hydrogens (primary N) is 1. The fourth-order valence-corrected chi connectivity index (χ4v) is 3.00. The maximum absolute atomic E-state index is 14.2. The van der Waals surface area contributed by atoms with E-state index in [-0.39, 0.29) is 17.0 Å². The van der Waals surface area contributed by atoms with Crippen molar-refractivity contribution in [2.45, 2.75) is 31.7 Å². The van der Waals surface area contributed by atoms with Crippen molar-refractivity contribution in [3.63, 3.8) is 0 Å². The number of likely N-dealkylation sites (N-methyl/N-ethyl adjacent to an activating group) is 2. The molecule has 116 valence electrons. The Morgan fingerprint density at radius 1 is 1.33 bits per heavy atom. The largest absolute Gasteiger partial charge is 0.399 e. The summed E-state index contributed by atoms with van der Waals surface area (Å²) in [5, 5.41) is 0. The third-order valence-electron chi connectivity index (χ3n) is 4.62. The molecule has 0 unspecified atom stereocenters. The van der Waals surface area contributed by atoms with Gasteiger partial charge in [0.05, 0.1) is 5.56 Å². The zero-order valence-corrected chi connectivity index (χ0v) is 13.2. The fourth-order valence-electron chi connectivity index (χ4n) is 3.00. The quantitative estimate of drug-likeness (QED) is 0.866. The van der Waals surface area contributed by atoms with Gasteiger partial charge >= 0.3 is 0 Å². The van der Waals surface area contributed by atoms with E-state index in [1.54, 1.807) is 24.9 Å². The molecule has 0 heterocycles. The number of rotatable bonds is 4. The van der Waals surface area contributed by atoms with Crippen molar-refractivity contribution in [2.75, 3.05) is 33.4 Å². The minimum absolute atomic E-state index is 0.0241. The van der Waals surface area contributed by atoms with Gasteiger partial charge in [0.15, 0.2) is 0 Å². The van der Waals surface area contributed by atoms with Crippen molar-refractivity contribution < 1.29 is 9.18 Å². The van der Waals surface area contributed by atoms with Gasteiger partial charge in [-0.1, -0.05) is 0 Å². The second-order valence-electron chi connectivity index (χ2n) is 6.33. The van der Waals surface area contributed by atoms with Crippen molar-refractivity contribution >= 4 is 11.6 Å². The van der Waals surface area contributed by atoms with E-state index < -0.39 is 5.82 Å². The number of aryl methyl sites for hydroxylation is 1. The van der Waals surface area contributed by atoms with Crippen LogP contribution in [0.2, 0.25) is 0 Å². The molecule has 2 N–H and O–H groups in total. The van der Waals surface area contributed by atoms with Gasteiger partial charge in [-0.3, -0.25) is 4.79 Å². The monoisotopic (exact) mass is 293 g/mol. The minimum atomic E-state index is -0.478. The maximum atomic E-state index is 14.2. The van der Waals surface area contributed by atoms with E-state index in [1.807, 2.05) is 14.1 Å². The smallest absolute Gasteiger partial charge is 0.256 e. The highest BCUT2D eigenvalue weighted by atomic mass is 19.1. The molecule has 0 atom stereocenters. The molecule has 0 aliphatic heterocycles. The van der Waals surface area contributed by atoms with Crippen LogP contribution in [0.3, 0.4) is 0 Å². The van der Waals surface area contributed by atoms with E-state index in [2.05, 4.69) is 4.90 Å². The lowest BCUT2D eigenvalue weighted by Crippen LogP contribution is -2.57. The molecule has 1 saturated carbocycles. The van der Waals surface area contributed by atoms with Gasteiger partial charge in [0.2, 0.25) is 0 Å². The fraction of sp³-hybridized carbons (Fsp3) is 0.562. The summed E-state index contributed by atoms with van der Waals surface area (Å²) < 4.78 is 14.2. The first kappa shape index (κ1) is 15.8. The predicted molar refractivity (Wildman–Crippen MR) is 82.8 cm³/mol. The number of nitrogens with zero attached hydrogens (tertiary/aromatic N) is 2. The molecular formula is C16H24FN3O. The van der Waals surface area contributed by atoms with Crippen LogP contribution in [0.25, 0.3) is 0 Å². The molecule has 0 saturated heterocycles. The summed E-state index contributed by atoms with van der Waals surface area (Å²) >= 11 is 0. The maximum Gasteiger partial charge on any atom is 0.256 e. The van der Waals surface area contributed by atoms with Gasteiger partial charge in [-0.2, -0.15) is 0 Å². The first-order valence-electron chi connectivity index (χ1n) is 7.25. The van der Waals surface area contributed by atoms with Gasteiger partial charge < -0.3 is 15.5 Å². The lowest BCUT2D eigenvalue weighted by Gasteiger charge is -2.49. The number of carbonyl (C=O) groups is 1. The zero-order chi connectivity index (χ0) is 15.8. The van der Waals surface area contributed by atoms with Gasteiger partial charge in [0.25, 0.3) is 5.91 Å². The highest BCUT2D eigenvalue weighted by Crippen LogP contribution is 2.37. The summed E-state index contributed by atoms with van der Waals surface area (Å²) in [6, 6.07) is 2.96. The second kappa shape index (κ2) is 5.64.